The molecule has 5 nitrogen and oxygen atoms in total. The third-order valence-corrected chi connectivity index (χ3v) is 2.03. The van der Waals surface area contributed by atoms with Crippen LogP contribution in [-0.2, 0) is 11.3 Å². The largest absolute Gasteiger partial charge is 0.448 e. The van der Waals surface area contributed by atoms with E-state index >= 15 is 0 Å². The van der Waals surface area contributed by atoms with Gasteiger partial charge in [0.2, 0.25) is 0 Å². The van der Waals surface area contributed by atoms with Crippen LogP contribution in [0, 0.1) is 0 Å². The maximum absolute atomic E-state index is 11.0. The van der Waals surface area contributed by atoms with Gasteiger partial charge in [0.15, 0.2) is 0 Å². The number of amides is 1. The molecule has 70 valence electrons. The second-order valence-electron chi connectivity index (χ2n) is 2.90. The van der Waals surface area contributed by atoms with Gasteiger partial charge in [-0.1, -0.05) is 0 Å². The van der Waals surface area contributed by atoms with Gasteiger partial charge in [-0.2, -0.15) is 0 Å². The molecule has 0 unspecified atom stereocenters. The molecule has 1 aliphatic rings. The van der Waals surface area contributed by atoms with E-state index in [0.717, 1.165) is 6.54 Å². The summed E-state index contributed by atoms with van der Waals surface area (Å²) in [6.07, 6.45) is 5.13. The monoisotopic (exact) mass is 181 g/mol. The lowest BCUT2D eigenvalue weighted by atomic mass is 10.5. The van der Waals surface area contributed by atoms with E-state index in [9.17, 15) is 4.79 Å². The minimum absolute atomic E-state index is 0.208. The molecule has 0 spiro atoms. The van der Waals surface area contributed by atoms with Crippen LogP contribution in [0.2, 0.25) is 0 Å². The van der Waals surface area contributed by atoms with Crippen molar-refractivity contribution in [1.29, 1.82) is 0 Å². The van der Waals surface area contributed by atoms with Crippen LogP contribution in [-0.4, -0.2) is 40.2 Å². The van der Waals surface area contributed by atoms with Crippen LogP contribution < -0.4 is 0 Å². The summed E-state index contributed by atoms with van der Waals surface area (Å²) in [5.74, 6) is 0. The molecule has 13 heavy (non-hydrogen) atoms. The first-order chi connectivity index (χ1) is 6.36. The van der Waals surface area contributed by atoms with E-state index in [0.29, 0.717) is 19.7 Å². The molecule has 1 amide bonds. The van der Waals surface area contributed by atoms with E-state index in [-0.39, 0.29) is 6.09 Å². The number of nitrogens with zero attached hydrogens (tertiary/aromatic N) is 3. The minimum Gasteiger partial charge on any atom is -0.448 e. The van der Waals surface area contributed by atoms with Crippen molar-refractivity contribution in [2.45, 2.75) is 6.54 Å². The van der Waals surface area contributed by atoms with E-state index in [1.165, 1.54) is 0 Å². The Balaban J connectivity index is 1.82. The van der Waals surface area contributed by atoms with Crippen LogP contribution in [0.5, 0.6) is 0 Å². The van der Waals surface area contributed by atoms with Crippen molar-refractivity contribution < 1.29 is 9.53 Å². The van der Waals surface area contributed by atoms with Crippen molar-refractivity contribution in [2.24, 2.45) is 0 Å². The van der Waals surface area contributed by atoms with Crippen molar-refractivity contribution >= 4 is 6.09 Å². The highest BCUT2D eigenvalue weighted by Gasteiger charge is 2.20. The Bertz CT molecular complexity index is 284. The molecule has 5 heteroatoms. The highest BCUT2D eigenvalue weighted by Crippen LogP contribution is 2.02. The molecule has 0 bridgehead atoms. The lowest BCUT2D eigenvalue weighted by Crippen LogP contribution is -2.27. The van der Waals surface area contributed by atoms with Gasteiger partial charge in [-0.15, -0.1) is 0 Å². The van der Waals surface area contributed by atoms with E-state index < -0.39 is 0 Å². The Morgan fingerprint density at radius 3 is 3.08 bits per heavy atom. The topological polar surface area (TPSA) is 47.4 Å². The molecule has 1 fully saturated rings. The first kappa shape index (κ1) is 8.10. The molecule has 0 aromatic carbocycles. The fourth-order valence-corrected chi connectivity index (χ4v) is 1.28. The number of hydrogen-bond acceptors (Lipinski definition) is 3. The van der Waals surface area contributed by atoms with Gasteiger partial charge in [0.25, 0.3) is 0 Å². The van der Waals surface area contributed by atoms with Crippen molar-refractivity contribution in [1.82, 2.24) is 14.5 Å². The Labute approximate surface area is 75.9 Å². The second kappa shape index (κ2) is 3.47. The molecule has 1 aromatic heterocycles. The van der Waals surface area contributed by atoms with Gasteiger partial charge in [0, 0.05) is 25.5 Å². The van der Waals surface area contributed by atoms with Gasteiger partial charge in [0.1, 0.15) is 6.61 Å². The normalized spacial score (nSPS) is 16.3. The van der Waals surface area contributed by atoms with Crippen molar-refractivity contribution in [3.63, 3.8) is 0 Å². The zero-order valence-electron chi connectivity index (χ0n) is 7.22. The summed E-state index contributed by atoms with van der Waals surface area (Å²) in [5.41, 5.74) is 0. The number of hydrogen-bond donors (Lipinski definition) is 0. The highest BCUT2D eigenvalue weighted by atomic mass is 16.6. The Morgan fingerprint density at radius 2 is 2.46 bits per heavy atom. The first-order valence-corrected chi connectivity index (χ1v) is 4.24. The van der Waals surface area contributed by atoms with Gasteiger partial charge in [-0.05, 0) is 0 Å². The van der Waals surface area contributed by atoms with E-state index in [4.69, 9.17) is 4.74 Å². The molecule has 0 radical (unpaired) electrons. The fourth-order valence-electron chi connectivity index (χ4n) is 1.28. The molecule has 2 rings (SSSR count). The lowest BCUT2D eigenvalue weighted by Gasteiger charge is -2.11. The maximum atomic E-state index is 11.0. The summed E-state index contributed by atoms with van der Waals surface area (Å²) in [6, 6.07) is 0. The zero-order chi connectivity index (χ0) is 9.10. The minimum atomic E-state index is -0.208. The number of ether oxygens (including phenoxy) is 1. The Kier molecular flexibility index (Phi) is 2.16. The number of rotatable bonds is 3. The van der Waals surface area contributed by atoms with Gasteiger partial charge < -0.3 is 14.2 Å². The Morgan fingerprint density at radius 1 is 1.54 bits per heavy atom. The predicted molar refractivity (Wildman–Crippen MR) is 45.1 cm³/mol. The molecule has 1 aliphatic heterocycles. The first-order valence-electron chi connectivity index (χ1n) is 4.24. The summed E-state index contributed by atoms with van der Waals surface area (Å²) in [5, 5.41) is 0. The maximum Gasteiger partial charge on any atom is 0.410 e. The smallest absolute Gasteiger partial charge is 0.410 e. The molecule has 0 N–H and O–H groups in total. The van der Waals surface area contributed by atoms with Crippen LogP contribution in [0.25, 0.3) is 0 Å². The van der Waals surface area contributed by atoms with Crippen LogP contribution in [0.1, 0.15) is 0 Å². The molecule has 1 aromatic rings. The molecule has 0 saturated carbocycles. The van der Waals surface area contributed by atoms with Crippen LogP contribution >= 0.6 is 0 Å². The summed E-state index contributed by atoms with van der Waals surface area (Å²) in [6.45, 7) is 2.68. The second-order valence-corrected chi connectivity index (χ2v) is 2.90. The third-order valence-electron chi connectivity index (χ3n) is 2.03. The summed E-state index contributed by atoms with van der Waals surface area (Å²) in [4.78, 5) is 16.6. The zero-order valence-corrected chi connectivity index (χ0v) is 7.22. The van der Waals surface area contributed by atoms with Crippen molar-refractivity contribution in [2.75, 3.05) is 19.7 Å². The van der Waals surface area contributed by atoms with Crippen LogP contribution in [0.4, 0.5) is 4.79 Å². The summed E-state index contributed by atoms with van der Waals surface area (Å²) in [7, 11) is 0. The molecule has 2 heterocycles. The van der Waals surface area contributed by atoms with Crippen molar-refractivity contribution in [3.05, 3.63) is 18.7 Å². The van der Waals surface area contributed by atoms with Crippen molar-refractivity contribution in [3.8, 4) is 0 Å². The summed E-state index contributed by atoms with van der Waals surface area (Å²) < 4.78 is 6.73. The number of aromatic nitrogens is 2. The lowest BCUT2D eigenvalue weighted by molar-refractivity contribution is 0.157. The number of imidazole rings is 1. The van der Waals surface area contributed by atoms with E-state index in [1.54, 1.807) is 17.4 Å². The van der Waals surface area contributed by atoms with Gasteiger partial charge >= 0.3 is 6.09 Å². The SMILES string of the molecule is O=C1OCCN1CCn1ccnc1. The Hall–Kier alpha value is -1.52. The molecule has 0 aliphatic carbocycles. The van der Waals surface area contributed by atoms with Gasteiger partial charge in [-0.25, -0.2) is 9.78 Å². The average Bonchev–Trinajstić information content (AvgIpc) is 2.72. The standard InChI is InChI=1S/C8H11N3O2/c12-8-11(5-6-13-8)4-3-10-2-1-9-7-10/h1-2,7H,3-6H2. The number of carbonyl (C=O) groups excluding carboxylic acids is 1. The molecular weight excluding hydrogens is 170 g/mol. The van der Waals surface area contributed by atoms with Crippen LogP contribution in [0.15, 0.2) is 18.7 Å². The third kappa shape index (κ3) is 1.80. The molecular formula is C8H11N3O2. The van der Waals surface area contributed by atoms with Crippen LogP contribution in [0.3, 0.4) is 0 Å². The number of cyclic esters (lactones) is 1. The quantitative estimate of drug-likeness (QED) is 0.675. The molecule has 1 saturated heterocycles. The average molecular weight is 181 g/mol. The molecule has 0 atom stereocenters. The van der Waals surface area contributed by atoms with E-state index in [2.05, 4.69) is 4.98 Å². The number of carbonyl (C=O) groups is 1. The van der Waals surface area contributed by atoms with E-state index in [1.807, 2.05) is 10.8 Å². The highest BCUT2D eigenvalue weighted by molar-refractivity contribution is 5.69. The van der Waals surface area contributed by atoms with Gasteiger partial charge in [0.05, 0.1) is 12.9 Å². The summed E-state index contributed by atoms with van der Waals surface area (Å²) >= 11 is 0. The predicted octanol–water partition coefficient (Wildman–Crippen LogP) is 0.335. The fraction of sp³-hybridized carbons (Fsp3) is 0.500. The van der Waals surface area contributed by atoms with Gasteiger partial charge in [-0.3, -0.25) is 0 Å².